The second-order valence-electron chi connectivity index (χ2n) is 6.13. The van der Waals surface area contributed by atoms with Gasteiger partial charge < -0.3 is 15.4 Å². The molecule has 3 N–H and O–H groups in total. The number of nitrogens with one attached hydrogen (secondary N) is 2. The molecule has 1 atom stereocenters. The number of hydrogen-bond acceptors (Lipinski definition) is 3. The lowest BCUT2D eigenvalue weighted by atomic mass is 10.0. The van der Waals surface area contributed by atoms with E-state index in [-0.39, 0.29) is 12.5 Å². The molecule has 1 aromatic carbocycles. The first kappa shape index (κ1) is 15.7. The van der Waals surface area contributed by atoms with Crippen molar-refractivity contribution in [2.75, 3.05) is 13.2 Å². The summed E-state index contributed by atoms with van der Waals surface area (Å²) in [5.41, 5.74) is 5.98. The normalized spacial score (nSPS) is 12.7. The Kier molecular flexibility index (Phi) is 4.74. The Morgan fingerprint density at radius 2 is 2.13 bits per heavy atom. The third-order valence-corrected chi connectivity index (χ3v) is 4.23. The number of H-pyrrole nitrogens is 1. The van der Waals surface area contributed by atoms with Crippen LogP contribution in [-0.4, -0.2) is 28.2 Å². The maximum absolute atomic E-state index is 9.58. The average Bonchev–Trinajstić information content (AvgIpc) is 2.95. The molecule has 0 saturated heterocycles. The van der Waals surface area contributed by atoms with Gasteiger partial charge in [0, 0.05) is 48.0 Å². The standard InChI is InChI=1S/C19H23N3O/c1-13-6-14(2)18-8-17(22-19(18)7-13)11-21-10-16(12-23)15-4-3-5-20-9-15/h3-9,16,21-23H,10-12H2,1-2H3. The van der Waals surface area contributed by atoms with E-state index in [9.17, 15) is 5.11 Å². The second-order valence-corrected chi connectivity index (χ2v) is 6.13. The average molecular weight is 309 g/mol. The van der Waals surface area contributed by atoms with E-state index < -0.39 is 0 Å². The number of benzene rings is 1. The van der Waals surface area contributed by atoms with Crippen LogP contribution < -0.4 is 5.32 Å². The van der Waals surface area contributed by atoms with Gasteiger partial charge in [0.1, 0.15) is 0 Å². The van der Waals surface area contributed by atoms with Gasteiger partial charge >= 0.3 is 0 Å². The third kappa shape index (κ3) is 3.60. The first-order chi connectivity index (χ1) is 11.2. The van der Waals surface area contributed by atoms with Crippen LogP contribution in [0.4, 0.5) is 0 Å². The van der Waals surface area contributed by atoms with Crippen LogP contribution in [0, 0.1) is 13.8 Å². The van der Waals surface area contributed by atoms with Gasteiger partial charge in [-0.15, -0.1) is 0 Å². The monoisotopic (exact) mass is 309 g/mol. The summed E-state index contributed by atoms with van der Waals surface area (Å²) in [6, 6.07) is 10.5. The molecule has 0 amide bonds. The topological polar surface area (TPSA) is 60.9 Å². The zero-order chi connectivity index (χ0) is 16.2. The maximum Gasteiger partial charge on any atom is 0.0512 e. The molecule has 4 heteroatoms. The Morgan fingerprint density at radius 1 is 1.26 bits per heavy atom. The highest BCUT2D eigenvalue weighted by Gasteiger charge is 2.10. The van der Waals surface area contributed by atoms with E-state index in [4.69, 9.17) is 0 Å². The predicted molar refractivity (Wildman–Crippen MR) is 93.5 cm³/mol. The number of fused-ring (bicyclic) bond motifs is 1. The lowest BCUT2D eigenvalue weighted by molar-refractivity contribution is 0.261. The predicted octanol–water partition coefficient (Wildman–Crippen LogP) is 3.05. The zero-order valence-corrected chi connectivity index (χ0v) is 13.6. The van der Waals surface area contributed by atoms with Gasteiger partial charge in [-0.1, -0.05) is 12.1 Å². The summed E-state index contributed by atoms with van der Waals surface area (Å²) < 4.78 is 0. The second kappa shape index (κ2) is 6.94. The first-order valence-corrected chi connectivity index (χ1v) is 7.97. The Balaban J connectivity index is 1.65. The SMILES string of the molecule is Cc1cc(C)c2cc(CNCC(CO)c3cccnc3)[nH]c2c1. The summed E-state index contributed by atoms with van der Waals surface area (Å²) in [6.45, 7) is 5.85. The van der Waals surface area contributed by atoms with E-state index in [0.717, 1.165) is 24.3 Å². The van der Waals surface area contributed by atoms with Crippen molar-refractivity contribution in [2.45, 2.75) is 26.3 Å². The van der Waals surface area contributed by atoms with Crippen LogP contribution in [0.15, 0.2) is 42.7 Å². The summed E-state index contributed by atoms with van der Waals surface area (Å²) in [5.74, 6) is 0.0667. The van der Waals surface area contributed by atoms with Crippen molar-refractivity contribution in [1.29, 1.82) is 0 Å². The molecule has 4 nitrogen and oxygen atoms in total. The Labute approximate surface area is 136 Å². The summed E-state index contributed by atoms with van der Waals surface area (Å²) in [4.78, 5) is 7.59. The van der Waals surface area contributed by atoms with Crippen LogP contribution in [0.2, 0.25) is 0 Å². The van der Waals surface area contributed by atoms with Crippen molar-refractivity contribution in [2.24, 2.45) is 0 Å². The lowest BCUT2D eigenvalue weighted by Gasteiger charge is -2.14. The molecule has 3 rings (SSSR count). The van der Waals surface area contributed by atoms with Gasteiger partial charge in [-0.3, -0.25) is 4.98 Å². The van der Waals surface area contributed by atoms with Crippen LogP contribution in [0.1, 0.15) is 28.3 Å². The molecule has 0 spiro atoms. The molecule has 0 aliphatic rings. The van der Waals surface area contributed by atoms with E-state index in [2.05, 4.69) is 47.3 Å². The first-order valence-electron chi connectivity index (χ1n) is 7.97. The third-order valence-electron chi connectivity index (χ3n) is 4.23. The van der Waals surface area contributed by atoms with E-state index in [1.807, 2.05) is 18.3 Å². The summed E-state index contributed by atoms with van der Waals surface area (Å²) in [6.07, 6.45) is 3.57. The molecular weight excluding hydrogens is 286 g/mol. The van der Waals surface area contributed by atoms with Gasteiger partial charge in [-0.05, 0) is 48.7 Å². The molecule has 1 unspecified atom stereocenters. The molecular formula is C19H23N3O. The van der Waals surface area contributed by atoms with E-state index >= 15 is 0 Å². The fourth-order valence-corrected chi connectivity index (χ4v) is 3.04. The number of nitrogens with zero attached hydrogens (tertiary/aromatic N) is 1. The number of hydrogen-bond donors (Lipinski definition) is 3. The van der Waals surface area contributed by atoms with Gasteiger partial charge in [0.2, 0.25) is 0 Å². The molecule has 0 fully saturated rings. The molecule has 0 radical (unpaired) electrons. The lowest BCUT2D eigenvalue weighted by Crippen LogP contribution is -2.23. The van der Waals surface area contributed by atoms with Gasteiger partial charge in [0.05, 0.1) is 6.61 Å². The summed E-state index contributed by atoms with van der Waals surface area (Å²) in [5, 5.41) is 14.3. The molecule has 120 valence electrons. The van der Waals surface area contributed by atoms with Crippen molar-refractivity contribution >= 4 is 10.9 Å². The maximum atomic E-state index is 9.58. The van der Waals surface area contributed by atoms with Gasteiger partial charge in [-0.2, -0.15) is 0 Å². The number of pyridine rings is 1. The van der Waals surface area contributed by atoms with Crippen LogP contribution in [0.5, 0.6) is 0 Å². The van der Waals surface area contributed by atoms with Gasteiger partial charge in [0.15, 0.2) is 0 Å². The van der Waals surface area contributed by atoms with Crippen molar-refractivity contribution in [3.05, 3.63) is 65.1 Å². The Morgan fingerprint density at radius 3 is 2.87 bits per heavy atom. The van der Waals surface area contributed by atoms with Crippen LogP contribution in [0.25, 0.3) is 10.9 Å². The summed E-state index contributed by atoms with van der Waals surface area (Å²) >= 11 is 0. The Hall–Kier alpha value is -2.17. The molecule has 0 bridgehead atoms. The zero-order valence-electron chi connectivity index (χ0n) is 13.6. The van der Waals surface area contributed by atoms with Crippen molar-refractivity contribution in [3.8, 4) is 0 Å². The van der Waals surface area contributed by atoms with Crippen LogP contribution in [0.3, 0.4) is 0 Å². The molecule has 2 heterocycles. The largest absolute Gasteiger partial charge is 0.396 e. The molecule has 2 aromatic heterocycles. The molecule has 3 aromatic rings. The molecule has 23 heavy (non-hydrogen) atoms. The number of aromatic amines is 1. The number of aromatic nitrogens is 2. The fourth-order valence-electron chi connectivity index (χ4n) is 3.04. The minimum Gasteiger partial charge on any atom is -0.396 e. The quantitative estimate of drug-likeness (QED) is 0.656. The number of aryl methyl sites for hydroxylation is 2. The number of aliphatic hydroxyl groups excluding tert-OH is 1. The van der Waals surface area contributed by atoms with E-state index in [0.29, 0.717) is 0 Å². The van der Waals surface area contributed by atoms with E-state index in [1.165, 1.54) is 22.0 Å². The van der Waals surface area contributed by atoms with Crippen molar-refractivity contribution < 1.29 is 5.11 Å². The highest BCUT2D eigenvalue weighted by Crippen LogP contribution is 2.21. The van der Waals surface area contributed by atoms with E-state index in [1.54, 1.807) is 6.20 Å². The smallest absolute Gasteiger partial charge is 0.0512 e. The fraction of sp³-hybridized carbons (Fsp3) is 0.316. The van der Waals surface area contributed by atoms with Gasteiger partial charge in [0.25, 0.3) is 0 Å². The van der Waals surface area contributed by atoms with Crippen LogP contribution >= 0.6 is 0 Å². The number of aliphatic hydroxyl groups is 1. The minimum atomic E-state index is 0.0667. The van der Waals surface area contributed by atoms with Crippen molar-refractivity contribution in [3.63, 3.8) is 0 Å². The molecule has 0 aliphatic carbocycles. The van der Waals surface area contributed by atoms with Gasteiger partial charge in [-0.25, -0.2) is 0 Å². The highest BCUT2D eigenvalue weighted by atomic mass is 16.3. The highest BCUT2D eigenvalue weighted by molar-refractivity contribution is 5.84. The number of rotatable bonds is 6. The summed E-state index contributed by atoms with van der Waals surface area (Å²) in [7, 11) is 0. The van der Waals surface area contributed by atoms with Crippen LogP contribution in [-0.2, 0) is 6.54 Å². The Bertz CT molecular complexity index is 780. The molecule has 0 aliphatic heterocycles. The van der Waals surface area contributed by atoms with Crippen molar-refractivity contribution in [1.82, 2.24) is 15.3 Å². The molecule has 0 saturated carbocycles. The minimum absolute atomic E-state index is 0.0667.